The third kappa shape index (κ3) is 2.74. The summed E-state index contributed by atoms with van der Waals surface area (Å²) in [4.78, 5) is 11.6. The van der Waals surface area contributed by atoms with E-state index in [0.717, 1.165) is 18.5 Å². The molecule has 86 valence electrons. The Kier molecular flexibility index (Phi) is 3.59. The zero-order chi connectivity index (χ0) is 12.1. The lowest BCUT2D eigenvalue weighted by Gasteiger charge is -1.96. The molecule has 0 aliphatic heterocycles. The molecule has 0 bridgehead atoms. The highest BCUT2D eigenvalue weighted by atomic mass is 16.3. The largest absolute Gasteiger partial charge is 0.464 e. The van der Waals surface area contributed by atoms with Gasteiger partial charge in [0, 0.05) is 24.6 Å². The Morgan fingerprint density at radius 2 is 2.24 bits per heavy atom. The molecule has 1 N–H and O–H groups in total. The first-order valence-electron chi connectivity index (χ1n) is 5.46. The SMILES string of the molecule is CNCCC#Cc1ccc2occc(=O)c2c1. The second-order valence-electron chi connectivity index (χ2n) is 3.65. The second-order valence-corrected chi connectivity index (χ2v) is 3.65. The van der Waals surface area contributed by atoms with E-state index in [1.165, 1.54) is 12.3 Å². The summed E-state index contributed by atoms with van der Waals surface area (Å²) in [6, 6.07) is 6.82. The third-order valence-corrected chi connectivity index (χ3v) is 2.39. The van der Waals surface area contributed by atoms with Crippen molar-refractivity contribution >= 4 is 11.0 Å². The van der Waals surface area contributed by atoms with Crippen LogP contribution in [-0.4, -0.2) is 13.6 Å². The van der Waals surface area contributed by atoms with E-state index in [4.69, 9.17) is 4.42 Å². The average Bonchev–Trinajstić information content (AvgIpc) is 2.36. The zero-order valence-electron chi connectivity index (χ0n) is 9.62. The van der Waals surface area contributed by atoms with E-state index in [1.807, 2.05) is 13.1 Å². The van der Waals surface area contributed by atoms with Gasteiger partial charge in [0.1, 0.15) is 5.58 Å². The first kappa shape index (κ1) is 11.4. The maximum Gasteiger partial charge on any atom is 0.192 e. The van der Waals surface area contributed by atoms with Gasteiger partial charge in [-0.3, -0.25) is 4.79 Å². The highest BCUT2D eigenvalue weighted by Crippen LogP contribution is 2.11. The molecular weight excluding hydrogens is 214 g/mol. The van der Waals surface area contributed by atoms with Crippen molar-refractivity contribution in [2.75, 3.05) is 13.6 Å². The van der Waals surface area contributed by atoms with Crippen molar-refractivity contribution in [2.45, 2.75) is 6.42 Å². The predicted octanol–water partition coefficient (Wildman–Crippen LogP) is 1.75. The van der Waals surface area contributed by atoms with Gasteiger partial charge in [-0.2, -0.15) is 0 Å². The molecule has 0 amide bonds. The maximum absolute atomic E-state index is 11.6. The van der Waals surface area contributed by atoms with Crippen LogP contribution >= 0.6 is 0 Å². The summed E-state index contributed by atoms with van der Waals surface area (Å²) in [5.41, 5.74) is 1.40. The summed E-state index contributed by atoms with van der Waals surface area (Å²) in [5, 5.41) is 3.60. The van der Waals surface area contributed by atoms with Crippen LogP contribution in [0.3, 0.4) is 0 Å². The molecule has 0 aliphatic rings. The number of hydrogen-bond acceptors (Lipinski definition) is 3. The standard InChI is InChI=1S/C14H13NO2/c1-15-8-3-2-4-11-5-6-14-12(10-11)13(16)7-9-17-14/h5-7,9-10,15H,3,8H2,1H3. The molecule has 0 atom stereocenters. The van der Waals surface area contributed by atoms with Gasteiger partial charge >= 0.3 is 0 Å². The summed E-state index contributed by atoms with van der Waals surface area (Å²) in [7, 11) is 1.89. The van der Waals surface area contributed by atoms with Crippen molar-refractivity contribution in [3.8, 4) is 11.8 Å². The molecule has 1 aromatic heterocycles. The molecule has 1 aromatic carbocycles. The van der Waals surface area contributed by atoms with Crippen molar-refractivity contribution in [3.63, 3.8) is 0 Å². The minimum atomic E-state index is -0.0369. The molecule has 0 radical (unpaired) electrons. The van der Waals surface area contributed by atoms with Gasteiger partial charge in [0.2, 0.25) is 0 Å². The minimum Gasteiger partial charge on any atom is -0.464 e. The summed E-state index contributed by atoms with van der Waals surface area (Å²) < 4.78 is 5.23. The molecular formula is C14H13NO2. The number of fused-ring (bicyclic) bond motifs is 1. The first-order chi connectivity index (χ1) is 8.31. The van der Waals surface area contributed by atoms with Gasteiger partial charge in [-0.05, 0) is 25.2 Å². The minimum absolute atomic E-state index is 0.0369. The molecule has 1 heterocycles. The Balaban J connectivity index is 2.33. The number of rotatable bonds is 2. The van der Waals surface area contributed by atoms with Crippen molar-refractivity contribution in [2.24, 2.45) is 0 Å². The molecule has 0 saturated carbocycles. The number of nitrogens with one attached hydrogen (secondary N) is 1. The molecule has 0 aliphatic carbocycles. The summed E-state index contributed by atoms with van der Waals surface area (Å²) in [5.74, 6) is 6.07. The van der Waals surface area contributed by atoms with Crippen molar-refractivity contribution < 1.29 is 4.42 Å². The van der Waals surface area contributed by atoms with E-state index < -0.39 is 0 Å². The van der Waals surface area contributed by atoms with Crippen molar-refractivity contribution in [3.05, 3.63) is 46.3 Å². The molecule has 0 unspecified atom stereocenters. The lowest BCUT2D eigenvalue weighted by molar-refractivity contribution is 0.602. The van der Waals surface area contributed by atoms with Gasteiger partial charge in [0.15, 0.2) is 5.43 Å². The van der Waals surface area contributed by atoms with Crippen LogP contribution in [-0.2, 0) is 0 Å². The molecule has 3 heteroatoms. The van der Waals surface area contributed by atoms with Crippen LogP contribution in [0, 0.1) is 11.8 Å². The molecule has 2 aromatic rings. The Morgan fingerprint density at radius 3 is 3.06 bits per heavy atom. The zero-order valence-corrected chi connectivity index (χ0v) is 9.62. The Hall–Kier alpha value is -2.05. The Morgan fingerprint density at radius 1 is 1.35 bits per heavy atom. The van der Waals surface area contributed by atoms with Gasteiger partial charge < -0.3 is 9.73 Å². The smallest absolute Gasteiger partial charge is 0.192 e. The van der Waals surface area contributed by atoms with E-state index in [9.17, 15) is 4.79 Å². The van der Waals surface area contributed by atoms with Gasteiger partial charge in [-0.15, -0.1) is 0 Å². The fraction of sp³-hybridized carbons (Fsp3) is 0.214. The second kappa shape index (κ2) is 5.33. The van der Waals surface area contributed by atoms with Crippen molar-refractivity contribution in [1.29, 1.82) is 0 Å². The number of benzene rings is 1. The average molecular weight is 227 g/mol. The van der Waals surface area contributed by atoms with Crippen LogP contribution in [0.4, 0.5) is 0 Å². The van der Waals surface area contributed by atoms with Crippen LogP contribution in [0.5, 0.6) is 0 Å². The van der Waals surface area contributed by atoms with Crippen LogP contribution in [0.15, 0.2) is 39.7 Å². The molecule has 2 rings (SSSR count). The van der Waals surface area contributed by atoms with E-state index in [2.05, 4.69) is 17.2 Å². The lowest BCUT2D eigenvalue weighted by Crippen LogP contribution is -2.05. The highest BCUT2D eigenvalue weighted by molar-refractivity contribution is 5.77. The van der Waals surface area contributed by atoms with E-state index in [0.29, 0.717) is 11.0 Å². The van der Waals surface area contributed by atoms with E-state index in [-0.39, 0.29) is 5.43 Å². The molecule has 3 nitrogen and oxygen atoms in total. The number of hydrogen-bond donors (Lipinski definition) is 1. The summed E-state index contributed by atoms with van der Waals surface area (Å²) >= 11 is 0. The first-order valence-corrected chi connectivity index (χ1v) is 5.46. The van der Waals surface area contributed by atoms with Gasteiger partial charge in [0.05, 0.1) is 11.6 Å². The lowest BCUT2D eigenvalue weighted by atomic mass is 10.1. The summed E-state index contributed by atoms with van der Waals surface area (Å²) in [6.07, 6.45) is 2.20. The van der Waals surface area contributed by atoms with Crippen LogP contribution in [0.2, 0.25) is 0 Å². The summed E-state index contributed by atoms with van der Waals surface area (Å²) in [6.45, 7) is 0.864. The van der Waals surface area contributed by atoms with Crippen LogP contribution in [0.1, 0.15) is 12.0 Å². The normalized spacial score (nSPS) is 9.94. The fourth-order valence-corrected chi connectivity index (χ4v) is 1.51. The van der Waals surface area contributed by atoms with Crippen molar-refractivity contribution in [1.82, 2.24) is 5.32 Å². The monoisotopic (exact) mass is 227 g/mol. The van der Waals surface area contributed by atoms with E-state index >= 15 is 0 Å². The van der Waals surface area contributed by atoms with Gasteiger partial charge in [0.25, 0.3) is 0 Å². The van der Waals surface area contributed by atoms with Crippen LogP contribution < -0.4 is 10.7 Å². The highest BCUT2D eigenvalue weighted by Gasteiger charge is 1.99. The fourth-order valence-electron chi connectivity index (χ4n) is 1.51. The Bertz CT molecular complexity index is 632. The quantitative estimate of drug-likeness (QED) is 0.628. The van der Waals surface area contributed by atoms with Crippen LogP contribution in [0.25, 0.3) is 11.0 Å². The molecule has 0 saturated heterocycles. The van der Waals surface area contributed by atoms with E-state index in [1.54, 1.807) is 12.1 Å². The topological polar surface area (TPSA) is 42.2 Å². The Labute approximate surface area is 99.5 Å². The van der Waals surface area contributed by atoms with Gasteiger partial charge in [-0.1, -0.05) is 11.8 Å². The van der Waals surface area contributed by atoms with Gasteiger partial charge in [-0.25, -0.2) is 0 Å². The predicted molar refractivity (Wildman–Crippen MR) is 67.9 cm³/mol. The molecule has 0 spiro atoms. The molecule has 17 heavy (non-hydrogen) atoms. The third-order valence-electron chi connectivity index (χ3n) is 2.39. The molecule has 0 fully saturated rings. The maximum atomic E-state index is 11.6.